The number of benzene rings is 1. The second kappa shape index (κ2) is 7.33. The Labute approximate surface area is 145 Å². The van der Waals surface area contributed by atoms with E-state index >= 15 is 0 Å². The van der Waals surface area contributed by atoms with E-state index in [1.54, 1.807) is 0 Å². The highest BCUT2D eigenvalue weighted by Gasteiger charge is 2.21. The van der Waals surface area contributed by atoms with Crippen molar-refractivity contribution in [1.29, 1.82) is 0 Å². The Bertz CT molecular complexity index is 805. The van der Waals surface area contributed by atoms with Gasteiger partial charge in [-0.3, -0.25) is 14.9 Å². The normalized spacial score (nSPS) is 11.6. The van der Waals surface area contributed by atoms with Crippen molar-refractivity contribution in [3.8, 4) is 0 Å². The summed E-state index contributed by atoms with van der Waals surface area (Å²) in [4.78, 5) is 36.6. The number of aromatic amines is 1. The highest BCUT2D eigenvalue weighted by molar-refractivity contribution is 6.33. The number of H-pyrrole nitrogens is 1. The highest BCUT2D eigenvalue weighted by atomic mass is 35.5. The van der Waals surface area contributed by atoms with Gasteiger partial charge in [0.15, 0.2) is 6.10 Å². The minimum atomic E-state index is -1.16. The van der Waals surface area contributed by atoms with Gasteiger partial charge in [0.2, 0.25) is 0 Å². The van der Waals surface area contributed by atoms with Crippen LogP contribution in [0.3, 0.4) is 0 Å². The predicted molar refractivity (Wildman–Crippen MR) is 87.4 cm³/mol. The number of aromatic nitrogens is 1. The topological polar surface area (TPSA) is 114 Å². The molecule has 0 radical (unpaired) electrons. The third-order valence-electron chi connectivity index (χ3n) is 2.94. The number of esters is 1. The number of amides is 1. The van der Waals surface area contributed by atoms with Crippen LogP contribution >= 0.6 is 23.2 Å². The molecular formula is C14H11Cl2N3O5. The molecule has 0 aliphatic carbocycles. The lowest BCUT2D eigenvalue weighted by Gasteiger charge is -2.13. The average Bonchev–Trinajstić information content (AvgIpc) is 2.95. The van der Waals surface area contributed by atoms with Gasteiger partial charge in [-0.15, -0.1) is 0 Å². The molecule has 0 saturated heterocycles. The van der Waals surface area contributed by atoms with E-state index in [9.17, 15) is 19.7 Å². The summed E-state index contributed by atoms with van der Waals surface area (Å²) in [5, 5.41) is 13.6. The number of hydrogen-bond acceptors (Lipinski definition) is 5. The van der Waals surface area contributed by atoms with Crippen LogP contribution in [-0.4, -0.2) is 27.9 Å². The van der Waals surface area contributed by atoms with Crippen LogP contribution in [-0.2, 0) is 9.53 Å². The molecule has 2 N–H and O–H groups in total. The fraction of sp³-hybridized carbons (Fsp3) is 0.143. The maximum Gasteiger partial charge on any atom is 0.355 e. The maximum absolute atomic E-state index is 12.1. The van der Waals surface area contributed by atoms with Crippen LogP contribution in [0.2, 0.25) is 10.0 Å². The number of nitro groups is 1. The first-order valence-electron chi connectivity index (χ1n) is 6.57. The van der Waals surface area contributed by atoms with Gasteiger partial charge in [0, 0.05) is 18.3 Å². The summed E-state index contributed by atoms with van der Waals surface area (Å²) in [6, 6.07) is 4.95. The number of anilines is 1. The van der Waals surface area contributed by atoms with Gasteiger partial charge in [0.1, 0.15) is 5.69 Å². The van der Waals surface area contributed by atoms with Crippen LogP contribution in [0.4, 0.5) is 11.4 Å². The molecule has 1 heterocycles. The number of carbonyl (C=O) groups is 2. The number of nitrogens with one attached hydrogen (secondary N) is 2. The first-order chi connectivity index (χ1) is 11.3. The van der Waals surface area contributed by atoms with E-state index in [2.05, 4.69) is 10.3 Å². The van der Waals surface area contributed by atoms with E-state index in [-0.39, 0.29) is 22.1 Å². The molecule has 0 fully saturated rings. The van der Waals surface area contributed by atoms with Crippen LogP contribution in [0.5, 0.6) is 0 Å². The summed E-state index contributed by atoms with van der Waals surface area (Å²) in [6.07, 6.45) is 0.237. The van der Waals surface area contributed by atoms with Crippen LogP contribution in [0.15, 0.2) is 30.5 Å². The van der Waals surface area contributed by atoms with Crippen molar-refractivity contribution in [2.45, 2.75) is 13.0 Å². The van der Waals surface area contributed by atoms with Crippen molar-refractivity contribution in [2.75, 3.05) is 5.32 Å². The quantitative estimate of drug-likeness (QED) is 0.474. The van der Waals surface area contributed by atoms with E-state index in [4.69, 9.17) is 27.9 Å². The molecule has 126 valence electrons. The van der Waals surface area contributed by atoms with Gasteiger partial charge in [-0.2, -0.15) is 0 Å². The summed E-state index contributed by atoms with van der Waals surface area (Å²) >= 11 is 11.6. The van der Waals surface area contributed by atoms with Crippen molar-refractivity contribution < 1.29 is 19.2 Å². The number of ether oxygens (including phenoxy) is 1. The average molecular weight is 372 g/mol. The summed E-state index contributed by atoms with van der Waals surface area (Å²) < 4.78 is 4.98. The smallest absolute Gasteiger partial charge is 0.355 e. The fourth-order valence-corrected chi connectivity index (χ4v) is 2.05. The molecule has 0 spiro atoms. The lowest BCUT2D eigenvalue weighted by Crippen LogP contribution is -2.30. The number of hydrogen-bond donors (Lipinski definition) is 2. The molecular weight excluding hydrogens is 361 g/mol. The number of rotatable bonds is 5. The van der Waals surface area contributed by atoms with Gasteiger partial charge >= 0.3 is 5.97 Å². The van der Waals surface area contributed by atoms with Gasteiger partial charge in [-0.1, -0.05) is 23.2 Å². The van der Waals surface area contributed by atoms with Gasteiger partial charge in [-0.25, -0.2) is 4.79 Å². The Hall–Kier alpha value is -2.58. The first-order valence-corrected chi connectivity index (χ1v) is 7.33. The van der Waals surface area contributed by atoms with Gasteiger partial charge < -0.3 is 15.0 Å². The molecule has 1 amide bonds. The molecule has 0 aliphatic rings. The Balaban J connectivity index is 2.05. The van der Waals surface area contributed by atoms with Crippen LogP contribution in [0, 0.1) is 10.1 Å². The molecule has 2 rings (SSSR count). The largest absolute Gasteiger partial charge is 0.448 e. The molecule has 24 heavy (non-hydrogen) atoms. The Morgan fingerprint density at radius 1 is 1.33 bits per heavy atom. The zero-order valence-corrected chi connectivity index (χ0v) is 13.7. The minimum absolute atomic E-state index is 0.0432. The summed E-state index contributed by atoms with van der Waals surface area (Å²) in [7, 11) is 0. The van der Waals surface area contributed by atoms with E-state index in [0.717, 1.165) is 6.07 Å². The second-order valence-electron chi connectivity index (χ2n) is 4.69. The Morgan fingerprint density at radius 3 is 2.62 bits per heavy atom. The molecule has 1 atom stereocenters. The number of nitro benzene ring substituents is 1. The van der Waals surface area contributed by atoms with Crippen LogP contribution in [0.25, 0.3) is 0 Å². The third kappa shape index (κ3) is 4.24. The van der Waals surface area contributed by atoms with E-state index < -0.39 is 22.9 Å². The molecule has 1 aromatic heterocycles. The lowest BCUT2D eigenvalue weighted by atomic mass is 10.2. The van der Waals surface area contributed by atoms with Crippen molar-refractivity contribution in [3.63, 3.8) is 0 Å². The number of nitrogens with zero attached hydrogens (tertiary/aromatic N) is 1. The molecule has 0 aliphatic heterocycles. The standard InChI is InChI=1S/C14H11Cl2N3O5/c1-7(24-14(21)12-4-8(15)6-17-12)13(20)18-11-5-9(19(22)23)2-3-10(11)16/h2-7,17H,1H3,(H,18,20). The van der Waals surface area contributed by atoms with Crippen molar-refractivity contribution in [3.05, 3.63) is 56.3 Å². The molecule has 0 bridgehead atoms. The van der Waals surface area contributed by atoms with Crippen LogP contribution in [0.1, 0.15) is 17.4 Å². The maximum atomic E-state index is 12.1. The molecule has 2 aromatic rings. The van der Waals surface area contributed by atoms with Crippen molar-refractivity contribution in [1.82, 2.24) is 4.98 Å². The van der Waals surface area contributed by atoms with E-state index in [0.29, 0.717) is 5.02 Å². The summed E-state index contributed by atoms with van der Waals surface area (Å²) in [6.45, 7) is 1.35. The Kier molecular flexibility index (Phi) is 5.42. The van der Waals surface area contributed by atoms with E-state index in [1.165, 1.54) is 31.3 Å². The minimum Gasteiger partial charge on any atom is -0.448 e. The van der Waals surface area contributed by atoms with Gasteiger partial charge in [0.05, 0.1) is 20.7 Å². The summed E-state index contributed by atoms with van der Waals surface area (Å²) in [5.74, 6) is -1.46. The zero-order valence-electron chi connectivity index (χ0n) is 12.2. The van der Waals surface area contributed by atoms with Crippen LogP contribution < -0.4 is 5.32 Å². The van der Waals surface area contributed by atoms with Crippen molar-refractivity contribution >= 4 is 46.5 Å². The monoisotopic (exact) mass is 371 g/mol. The molecule has 1 aromatic carbocycles. The third-order valence-corrected chi connectivity index (χ3v) is 3.49. The number of non-ortho nitro benzene ring substituents is 1. The van der Waals surface area contributed by atoms with E-state index in [1.807, 2.05) is 0 Å². The molecule has 0 saturated carbocycles. The lowest BCUT2D eigenvalue weighted by molar-refractivity contribution is -0.384. The number of carbonyl (C=O) groups excluding carboxylic acids is 2. The predicted octanol–water partition coefficient (Wildman–Crippen LogP) is 3.41. The molecule has 8 nitrogen and oxygen atoms in total. The molecule has 1 unspecified atom stereocenters. The van der Waals surface area contributed by atoms with Gasteiger partial charge in [-0.05, 0) is 19.1 Å². The van der Waals surface area contributed by atoms with Gasteiger partial charge in [0.25, 0.3) is 11.6 Å². The van der Waals surface area contributed by atoms with Crippen molar-refractivity contribution in [2.24, 2.45) is 0 Å². The SMILES string of the molecule is CC(OC(=O)c1cc(Cl)c[nH]1)C(=O)Nc1cc([N+](=O)[O-])ccc1Cl. The number of halogens is 2. The summed E-state index contributed by atoms with van der Waals surface area (Å²) in [5.41, 5.74) is -0.102. The first kappa shape index (κ1) is 17.8. The highest BCUT2D eigenvalue weighted by Crippen LogP contribution is 2.27. The Morgan fingerprint density at radius 2 is 2.04 bits per heavy atom. The molecule has 10 heteroatoms. The fourth-order valence-electron chi connectivity index (χ4n) is 1.72. The zero-order chi connectivity index (χ0) is 17.9. The second-order valence-corrected chi connectivity index (χ2v) is 5.53.